The summed E-state index contributed by atoms with van der Waals surface area (Å²) in [6, 6.07) is 0.570. The summed E-state index contributed by atoms with van der Waals surface area (Å²) in [4.78, 5) is 13.0. The molecule has 0 aromatic rings. The Balaban J connectivity index is 2.34. The van der Waals surface area contributed by atoms with Crippen LogP contribution in [0.2, 0.25) is 0 Å². The minimum Gasteiger partial charge on any atom is -0.343 e. The SMILES string of the molecule is CNN(C)C1CCN(C(C)=O)CC1. The standard InChI is InChI=1S/C9H19N3O/c1-8(13)12-6-4-9(5-7-12)11(3)10-2/h9-10H,4-7H2,1-3H3. The van der Waals surface area contributed by atoms with E-state index in [9.17, 15) is 4.79 Å². The van der Waals surface area contributed by atoms with Crippen LogP contribution in [0.4, 0.5) is 0 Å². The average molecular weight is 185 g/mol. The molecule has 1 rings (SSSR count). The second-order valence-electron chi connectivity index (χ2n) is 3.57. The Kier molecular flexibility index (Phi) is 3.69. The summed E-state index contributed by atoms with van der Waals surface area (Å²) in [6.07, 6.45) is 2.13. The highest BCUT2D eigenvalue weighted by Crippen LogP contribution is 2.13. The monoisotopic (exact) mass is 185 g/mol. The number of likely N-dealkylation sites (tertiary alicyclic amines) is 1. The fourth-order valence-corrected chi connectivity index (χ4v) is 1.75. The van der Waals surface area contributed by atoms with Crippen molar-refractivity contribution >= 4 is 5.91 Å². The average Bonchev–Trinajstić information content (AvgIpc) is 2.17. The van der Waals surface area contributed by atoms with E-state index in [2.05, 4.69) is 10.4 Å². The molecule has 1 fully saturated rings. The summed E-state index contributed by atoms with van der Waals surface area (Å²) in [7, 11) is 3.98. The van der Waals surface area contributed by atoms with E-state index in [0.29, 0.717) is 6.04 Å². The molecule has 4 nitrogen and oxygen atoms in total. The highest BCUT2D eigenvalue weighted by atomic mass is 16.2. The van der Waals surface area contributed by atoms with E-state index in [1.165, 1.54) is 0 Å². The molecule has 76 valence electrons. The van der Waals surface area contributed by atoms with Gasteiger partial charge in [0, 0.05) is 33.1 Å². The number of hydrogen-bond donors (Lipinski definition) is 1. The first-order chi connectivity index (χ1) is 6.15. The number of hydrazine groups is 1. The second-order valence-corrected chi connectivity index (χ2v) is 3.57. The third kappa shape index (κ3) is 2.67. The normalized spacial score (nSPS) is 19.5. The third-order valence-corrected chi connectivity index (χ3v) is 2.81. The molecule has 0 saturated carbocycles. The van der Waals surface area contributed by atoms with Crippen LogP contribution in [0.25, 0.3) is 0 Å². The van der Waals surface area contributed by atoms with Gasteiger partial charge in [0.25, 0.3) is 0 Å². The van der Waals surface area contributed by atoms with E-state index in [1.54, 1.807) is 6.92 Å². The minimum atomic E-state index is 0.200. The predicted octanol–water partition coefficient (Wildman–Crippen LogP) is 0.0635. The lowest BCUT2D eigenvalue weighted by Crippen LogP contribution is -2.48. The molecule has 0 bridgehead atoms. The van der Waals surface area contributed by atoms with E-state index in [4.69, 9.17) is 0 Å². The summed E-state index contributed by atoms with van der Waals surface area (Å²) in [5.74, 6) is 0.200. The van der Waals surface area contributed by atoms with Crippen LogP contribution in [-0.4, -0.2) is 49.0 Å². The highest BCUT2D eigenvalue weighted by molar-refractivity contribution is 5.73. The van der Waals surface area contributed by atoms with Crippen molar-refractivity contribution in [1.29, 1.82) is 0 Å². The largest absolute Gasteiger partial charge is 0.343 e. The van der Waals surface area contributed by atoms with E-state index in [-0.39, 0.29) is 5.91 Å². The predicted molar refractivity (Wildman–Crippen MR) is 52.1 cm³/mol. The Labute approximate surface area is 79.9 Å². The summed E-state index contributed by atoms with van der Waals surface area (Å²) >= 11 is 0. The molecule has 4 heteroatoms. The summed E-state index contributed by atoms with van der Waals surface area (Å²) in [5.41, 5.74) is 3.11. The first-order valence-electron chi connectivity index (χ1n) is 4.81. The van der Waals surface area contributed by atoms with Crippen molar-refractivity contribution in [1.82, 2.24) is 15.3 Å². The van der Waals surface area contributed by atoms with E-state index >= 15 is 0 Å². The molecule has 0 aliphatic carbocycles. The minimum absolute atomic E-state index is 0.200. The van der Waals surface area contributed by atoms with Crippen molar-refractivity contribution in [3.63, 3.8) is 0 Å². The number of hydrogen-bond acceptors (Lipinski definition) is 3. The fourth-order valence-electron chi connectivity index (χ4n) is 1.75. The zero-order valence-corrected chi connectivity index (χ0v) is 8.71. The quantitative estimate of drug-likeness (QED) is 0.618. The second kappa shape index (κ2) is 4.58. The molecule has 0 atom stereocenters. The number of rotatable bonds is 2. The number of nitrogens with one attached hydrogen (secondary N) is 1. The van der Waals surface area contributed by atoms with Gasteiger partial charge in [-0.05, 0) is 19.9 Å². The van der Waals surface area contributed by atoms with Crippen molar-refractivity contribution in [3.8, 4) is 0 Å². The van der Waals surface area contributed by atoms with Crippen LogP contribution in [0.15, 0.2) is 0 Å². The molecule has 1 heterocycles. The number of piperidine rings is 1. The number of carbonyl (C=O) groups excluding carboxylic acids is 1. The van der Waals surface area contributed by atoms with E-state index < -0.39 is 0 Å². The van der Waals surface area contributed by atoms with E-state index in [0.717, 1.165) is 25.9 Å². The maximum Gasteiger partial charge on any atom is 0.219 e. The van der Waals surface area contributed by atoms with E-state index in [1.807, 2.05) is 19.0 Å². The molecule has 1 amide bonds. The lowest BCUT2D eigenvalue weighted by atomic mass is 10.1. The Morgan fingerprint density at radius 1 is 1.46 bits per heavy atom. The molecule has 0 unspecified atom stereocenters. The summed E-state index contributed by atoms with van der Waals surface area (Å²) < 4.78 is 0. The maximum atomic E-state index is 11.0. The van der Waals surface area contributed by atoms with Crippen molar-refractivity contribution in [2.75, 3.05) is 27.2 Å². The number of nitrogens with zero attached hydrogens (tertiary/aromatic N) is 2. The molecule has 0 radical (unpaired) electrons. The first kappa shape index (κ1) is 10.5. The molecule has 1 saturated heterocycles. The van der Waals surface area contributed by atoms with Crippen LogP contribution in [0.3, 0.4) is 0 Å². The zero-order valence-electron chi connectivity index (χ0n) is 8.71. The molecule has 0 aromatic heterocycles. The molecular formula is C9H19N3O. The van der Waals surface area contributed by atoms with Crippen molar-refractivity contribution < 1.29 is 4.79 Å². The molecule has 13 heavy (non-hydrogen) atoms. The van der Waals surface area contributed by atoms with Gasteiger partial charge < -0.3 is 4.90 Å². The molecular weight excluding hydrogens is 166 g/mol. The van der Waals surface area contributed by atoms with Crippen LogP contribution in [-0.2, 0) is 4.79 Å². The molecule has 1 aliphatic rings. The Bertz CT molecular complexity index is 176. The van der Waals surface area contributed by atoms with Gasteiger partial charge in [-0.1, -0.05) is 0 Å². The molecule has 1 aliphatic heterocycles. The van der Waals surface area contributed by atoms with Crippen molar-refractivity contribution in [2.45, 2.75) is 25.8 Å². The van der Waals surface area contributed by atoms with Gasteiger partial charge >= 0.3 is 0 Å². The van der Waals surface area contributed by atoms with Gasteiger partial charge in [0.1, 0.15) is 0 Å². The highest BCUT2D eigenvalue weighted by Gasteiger charge is 2.22. The fraction of sp³-hybridized carbons (Fsp3) is 0.889. The van der Waals surface area contributed by atoms with Crippen LogP contribution in [0.5, 0.6) is 0 Å². The van der Waals surface area contributed by atoms with Crippen LogP contribution < -0.4 is 5.43 Å². The van der Waals surface area contributed by atoms with Gasteiger partial charge in [-0.2, -0.15) is 0 Å². The van der Waals surface area contributed by atoms with Gasteiger partial charge in [0.05, 0.1) is 0 Å². The van der Waals surface area contributed by atoms with Crippen LogP contribution in [0.1, 0.15) is 19.8 Å². The number of amides is 1. The van der Waals surface area contributed by atoms with Gasteiger partial charge in [-0.3, -0.25) is 10.2 Å². The van der Waals surface area contributed by atoms with Crippen LogP contribution >= 0.6 is 0 Å². The summed E-state index contributed by atoms with van der Waals surface area (Å²) in [5, 5.41) is 2.12. The zero-order chi connectivity index (χ0) is 9.84. The summed E-state index contributed by atoms with van der Waals surface area (Å²) in [6.45, 7) is 3.43. The lowest BCUT2D eigenvalue weighted by Gasteiger charge is -2.35. The topological polar surface area (TPSA) is 35.6 Å². The smallest absolute Gasteiger partial charge is 0.219 e. The lowest BCUT2D eigenvalue weighted by molar-refractivity contribution is -0.130. The third-order valence-electron chi connectivity index (χ3n) is 2.81. The first-order valence-corrected chi connectivity index (χ1v) is 4.81. The molecule has 0 aromatic carbocycles. The van der Waals surface area contributed by atoms with Gasteiger partial charge in [0.15, 0.2) is 0 Å². The van der Waals surface area contributed by atoms with Crippen molar-refractivity contribution in [3.05, 3.63) is 0 Å². The maximum absolute atomic E-state index is 11.0. The molecule has 0 spiro atoms. The Morgan fingerprint density at radius 2 is 2.00 bits per heavy atom. The number of carbonyl (C=O) groups is 1. The van der Waals surface area contributed by atoms with Crippen molar-refractivity contribution in [2.24, 2.45) is 0 Å². The van der Waals surface area contributed by atoms with Gasteiger partial charge in [0.2, 0.25) is 5.91 Å². The Morgan fingerprint density at radius 3 is 2.38 bits per heavy atom. The van der Waals surface area contributed by atoms with Crippen LogP contribution in [0, 0.1) is 0 Å². The van der Waals surface area contributed by atoms with Gasteiger partial charge in [-0.15, -0.1) is 0 Å². The molecule has 1 N–H and O–H groups in total. The van der Waals surface area contributed by atoms with Gasteiger partial charge in [-0.25, -0.2) is 5.01 Å². The Hall–Kier alpha value is -0.610.